The van der Waals surface area contributed by atoms with E-state index in [4.69, 9.17) is 10.5 Å². The van der Waals surface area contributed by atoms with Crippen molar-refractivity contribution in [3.63, 3.8) is 0 Å². The van der Waals surface area contributed by atoms with Crippen molar-refractivity contribution in [2.45, 2.75) is 31.9 Å². The van der Waals surface area contributed by atoms with Crippen molar-refractivity contribution < 1.29 is 13.5 Å². The minimum absolute atomic E-state index is 0.173. The highest BCUT2D eigenvalue weighted by atomic mass is 19.3. The summed E-state index contributed by atoms with van der Waals surface area (Å²) in [5.74, 6) is 0.271. The second-order valence-electron chi connectivity index (χ2n) is 3.32. The van der Waals surface area contributed by atoms with Crippen LogP contribution in [0.25, 0.3) is 0 Å². The molecule has 0 unspecified atom stereocenters. The van der Waals surface area contributed by atoms with Crippen LogP contribution in [0.4, 0.5) is 14.5 Å². The third-order valence-electron chi connectivity index (χ3n) is 1.88. The normalized spacial score (nSPS) is 16.2. The molecule has 0 aliphatic heterocycles. The number of nitrogens with zero attached hydrogens (tertiary/aromatic N) is 2. The molecular weight excluding hydrogens is 192 g/mol. The van der Waals surface area contributed by atoms with Crippen LogP contribution in [0.2, 0.25) is 0 Å². The van der Waals surface area contributed by atoms with Gasteiger partial charge in [-0.3, -0.25) is 4.68 Å². The van der Waals surface area contributed by atoms with Gasteiger partial charge in [-0.1, -0.05) is 0 Å². The molecule has 1 heterocycles. The summed E-state index contributed by atoms with van der Waals surface area (Å²) in [6.45, 7) is -0.446. The highest BCUT2D eigenvalue weighted by Crippen LogP contribution is 2.29. The number of hydrogen-bond acceptors (Lipinski definition) is 3. The molecular formula is C8H11F2N3O. The maximum Gasteiger partial charge on any atom is 0.257 e. The summed E-state index contributed by atoms with van der Waals surface area (Å²) in [6.07, 6.45) is 1.09. The third kappa shape index (κ3) is 2.12. The molecule has 78 valence electrons. The Kier molecular flexibility index (Phi) is 2.26. The van der Waals surface area contributed by atoms with E-state index in [2.05, 4.69) is 5.10 Å². The maximum atomic E-state index is 12.0. The molecule has 1 aliphatic carbocycles. The van der Waals surface area contributed by atoms with Crippen LogP contribution in [-0.4, -0.2) is 22.3 Å². The zero-order valence-electron chi connectivity index (χ0n) is 7.49. The first-order chi connectivity index (χ1) is 6.65. The van der Waals surface area contributed by atoms with Crippen LogP contribution >= 0.6 is 0 Å². The van der Waals surface area contributed by atoms with Gasteiger partial charge in [0.05, 0.1) is 6.20 Å². The van der Waals surface area contributed by atoms with E-state index in [1.54, 1.807) is 0 Å². The predicted octanol–water partition coefficient (Wildman–Crippen LogP) is 1.27. The van der Waals surface area contributed by atoms with E-state index in [1.165, 1.54) is 6.20 Å². The van der Waals surface area contributed by atoms with E-state index in [-0.39, 0.29) is 12.0 Å². The van der Waals surface area contributed by atoms with Gasteiger partial charge in [-0.25, -0.2) is 8.78 Å². The van der Waals surface area contributed by atoms with Gasteiger partial charge in [-0.05, 0) is 12.8 Å². The molecule has 2 rings (SSSR count). The van der Waals surface area contributed by atoms with Gasteiger partial charge in [0.15, 0.2) is 0 Å². The Morgan fingerprint density at radius 1 is 1.64 bits per heavy atom. The average molecular weight is 203 g/mol. The first kappa shape index (κ1) is 9.23. The number of ether oxygens (including phenoxy) is 1. The Labute approximate surface area is 79.6 Å². The van der Waals surface area contributed by atoms with E-state index in [9.17, 15) is 8.78 Å². The molecule has 0 amide bonds. The van der Waals surface area contributed by atoms with Crippen molar-refractivity contribution in [3.05, 3.63) is 6.20 Å². The summed E-state index contributed by atoms with van der Waals surface area (Å²) < 4.78 is 30.4. The SMILES string of the molecule is Nc1cn(CC(F)F)nc1OC1CC1. The topological polar surface area (TPSA) is 53.1 Å². The van der Waals surface area contributed by atoms with Crippen LogP contribution in [0.1, 0.15) is 12.8 Å². The van der Waals surface area contributed by atoms with Crippen molar-refractivity contribution >= 4 is 5.69 Å². The Morgan fingerprint density at radius 2 is 2.36 bits per heavy atom. The van der Waals surface area contributed by atoms with Crippen LogP contribution in [0.3, 0.4) is 0 Å². The Bertz CT molecular complexity index is 322. The minimum atomic E-state index is -2.43. The van der Waals surface area contributed by atoms with Gasteiger partial charge in [0, 0.05) is 0 Å². The fraction of sp³-hybridized carbons (Fsp3) is 0.625. The van der Waals surface area contributed by atoms with Crippen LogP contribution in [0.15, 0.2) is 6.20 Å². The number of anilines is 1. The summed E-state index contributed by atoms with van der Waals surface area (Å²) in [4.78, 5) is 0. The molecule has 0 radical (unpaired) electrons. The van der Waals surface area contributed by atoms with Crippen molar-refractivity contribution in [1.29, 1.82) is 0 Å². The molecule has 4 nitrogen and oxygen atoms in total. The minimum Gasteiger partial charge on any atom is -0.472 e. The summed E-state index contributed by atoms with van der Waals surface area (Å²) in [6, 6.07) is 0. The quantitative estimate of drug-likeness (QED) is 0.801. The Morgan fingerprint density at radius 3 is 2.93 bits per heavy atom. The molecule has 6 heteroatoms. The summed E-state index contributed by atoms with van der Waals surface area (Å²) in [5, 5.41) is 3.82. The molecule has 1 aromatic heterocycles. The van der Waals surface area contributed by atoms with Gasteiger partial charge in [0.25, 0.3) is 12.3 Å². The molecule has 2 N–H and O–H groups in total. The monoisotopic (exact) mass is 203 g/mol. The summed E-state index contributed by atoms with van der Waals surface area (Å²) in [5.41, 5.74) is 5.86. The second kappa shape index (κ2) is 3.43. The molecule has 1 aromatic rings. The molecule has 0 saturated heterocycles. The smallest absolute Gasteiger partial charge is 0.257 e. The van der Waals surface area contributed by atoms with Crippen LogP contribution in [0.5, 0.6) is 5.88 Å². The molecule has 1 fully saturated rings. The highest BCUT2D eigenvalue weighted by Gasteiger charge is 2.25. The first-order valence-electron chi connectivity index (χ1n) is 4.43. The molecule has 0 aromatic carbocycles. The molecule has 1 saturated carbocycles. The van der Waals surface area contributed by atoms with E-state index >= 15 is 0 Å². The molecule has 0 atom stereocenters. The first-order valence-corrected chi connectivity index (χ1v) is 4.43. The van der Waals surface area contributed by atoms with Crippen LogP contribution in [-0.2, 0) is 6.54 Å². The van der Waals surface area contributed by atoms with E-state index < -0.39 is 13.0 Å². The van der Waals surface area contributed by atoms with Gasteiger partial charge < -0.3 is 10.5 Å². The standard InChI is InChI=1S/C8H11F2N3O/c9-7(10)4-13-3-6(11)8(12-13)14-5-1-2-5/h3,5,7H,1-2,4,11H2. The van der Waals surface area contributed by atoms with Crippen LogP contribution in [0, 0.1) is 0 Å². The van der Waals surface area contributed by atoms with Crippen LogP contribution < -0.4 is 10.5 Å². The molecule has 0 bridgehead atoms. The lowest BCUT2D eigenvalue weighted by Crippen LogP contribution is -2.07. The molecule has 1 aliphatic rings. The predicted molar refractivity (Wildman–Crippen MR) is 46.3 cm³/mol. The van der Waals surface area contributed by atoms with Crippen molar-refractivity contribution in [3.8, 4) is 5.88 Å². The third-order valence-corrected chi connectivity index (χ3v) is 1.88. The lowest BCUT2D eigenvalue weighted by Gasteiger charge is -2.00. The van der Waals surface area contributed by atoms with Gasteiger partial charge in [-0.2, -0.15) is 0 Å². The van der Waals surface area contributed by atoms with Crippen molar-refractivity contribution in [1.82, 2.24) is 9.78 Å². The highest BCUT2D eigenvalue weighted by molar-refractivity contribution is 5.46. The van der Waals surface area contributed by atoms with E-state index in [0.29, 0.717) is 5.69 Å². The van der Waals surface area contributed by atoms with Gasteiger partial charge in [-0.15, -0.1) is 5.10 Å². The Hall–Kier alpha value is -1.33. The van der Waals surface area contributed by atoms with E-state index in [0.717, 1.165) is 17.5 Å². The molecule has 14 heavy (non-hydrogen) atoms. The lowest BCUT2D eigenvalue weighted by atomic mass is 10.5. The lowest BCUT2D eigenvalue weighted by molar-refractivity contribution is 0.121. The Balaban J connectivity index is 2.03. The number of nitrogens with two attached hydrogens (primary N) is 1. The zero-order chi connectivity index (χ0) is 10.1. The number of rotatable bonds is 4. The van der Waals surface area contributed by atoms with Gasteiger partial charge >= 0.3 is 0 Å². The van der Waals surface area contributed by atoms with Crippen molar-refractivity contribution in [2.75, 3.05) is 5.73 Å². The van der Waals surface area contributed by atoms with Crippen molar-refractivity contribution in [2.24, 2.45) is 0 Å². The second-order valence-corrected chi connectivity index (χ2v) is 3.32. The van der Waals surface area contributed by atoms with Gasteiger partial charge in [0.1, 0.15) is 18.3 Å². The number of halogens is 2. The summed E-state index contributed by atoms with van der Waals surface area (Å²) in [7, 11) is 0. The zero-order valence-corrected chi connectivity index (χ0v) is 7.49. The molecule has 0 spiro atoms. The fourth-order valence-electron chi connectivity index (χ4n) is 1.09. The maximum absolute atomic E-state index is 12.0. The number of aromatic nitrogens is 2. The summed E-state index contributed by atoms with van der Waals surface area (Å²) >= 11 is 0. The largest absolute Gasteiger partial charge is 0.472 e. The number of nitrogen functional groups attached to an aromatic ring is 1. The number of alkyl halides is 2. The van der Waals surface area contributed by atoms with Gasteiger partial charge in [0.2, 0.25) is 0 Å². The van der Waals surface area contributed by atoms with E-state index in [1.807, 2.05) is 0 Å². The average Bonchev–Trinajstić information content (AvgIpc) is 2.79. The number of hydrogen-bond donors (Lipinski definition) is 1. The fourth-order valence-corrected chi connectivity index (χ4v) is 1.09.